The highest BCUT2D eigenvalue weighted by Crippen LogP contribution is 2.35. The Morgan fingerprint density at radius 1 is 1.00 bits per heavy atom. The van der Waals surface area contributed by atoms with Crippen molar-refractivity contribution in [3.63, 3.8) is 0 Å². The predicted molar refractivity (Wildman–Crippen MR) is 111 cm³/mol. The average molecular weight is 374 g/mol. The molecular formula is C23H22N2O3. The number of carbonyl (C=O) groups is 2. The molecule has 0 bridgehead atoms. The van der Waals surface area contributed by atoms with Crippen LogP contribution in [-0.4, -0.2) is 27.1 Å². The molecule has 0 saturated heterocycles. The largest absolute Gasteiger partial charge is 0.443 e. The van der Waals surface area contributed by atoms with Gasteiger partial charge in [-0.2, -0.15) is 0 Å². The lowest BCUT2D eigenvalue weighted by atomic mass is 10.1. The lowest BCUT2D eigenvalue weighted by Crippen LogP contribution is -2.27. The Morgan fingerprint density at radius 2 is 1.64 bits per heavy atom. The molecule has 0 spiro atoms. The number of fused-ring (bicyclic) bond motifs is 2. The standard InChI is InChI=1S/C23H22N2O3/c1-23(2,3)28-22(27)25-18-11-7-5-9-15(18)13-20(25)21-17(14-26)16-10-6-8-12-19(16)24(21)4/h5-14H,1-4H3. The minimum absolute atomic E-state index is 0.467. The number of hydrogen-bond donors (Lipinski definition) is 0. The Morgan fingerprint density at radius 3 is 2.32 bits per heavy atom. The molecule has 0 atom stereocenters. The number of nitrogens with zero attached hydrogens (tertiary/aromatic N) is 2. The third kappa shape index (κ3) is 2.80. The molecule has 0 radical (unpaired) electrons. The quantitative estimate of drug-likeness (QED) is 0.442. The maximum Gasteiger partial charge on any atom is 0.419 e. The van der Waals surface area contributed by atoms with Crippen LogP contribution >= 0.6 is 0 Å². The molecule has 0 amide bonds. The second-order valence-corrected chi connectivity index (χ2v) is 7.86. The molecule has 0 saturated carbocycles. The van der Waals surface area contributed by atoms with Gasteiger partial charge < -0.3 is 9.30 Å². The minimum atomic E-state index is -0.633. The smallest absolute Gasteiger partial charge is 0.419 e. The molecule has 4 aromatic rings. The average Bonchev–Trinajstić information content (AvgIpc) is 3.15. The summed E-state index contributed by atoms with van der Waals surface area (Å²) in [6, 6.07) is 17.3. The Labute approximate surface area is 163 Å². The summed E-state index contributed by atoms with van der Waals surface area (Å²) >= 11 is 0. The number of benzene rings is 2. The van der Waals surface area contributed by atoms with Crippen molar-refractivity contribution in [2.24, 2.45) is 7.05 Å². The number of aromatic nitrogens is 2. The molecule has 142 valence electrons. The predicted octanol–water partition coefficient (Wildman–Crippen LogP) is 5.40. The summed E-state index contributed by atoms with van der Waals surface area (Å²) in [4.78, 5) is 25.1. The molecule has 2 aromatic heterocycles. The van der Waals surface area contributed by atoms with Gasteiger partial charge in [0.2, 0.25) is 0 Å². The van der Waals surface area contributed by atoms with E-state index in [0.717, 1.165) is 28.1 Å². The molecular weight excluding hydrogens is 352 g/mol. The molecule has 5 heteroatoms. The second-order valence-electron chi connectivity index (χ2n) is 7.86. The van der Waals surface area contributed by atoms with Gasteiger partial charge >= 0.3 is 6.09 Å². The first kappa shape index (κ1) is 18.0. The maximum absolute atomic E-state index is 13.1. The lowest BCUT2D eigenvalue weighted by molar-refractivity contribution is 0.0547. The Hall–Kier alpha value is -3.34. The topological polar surface area (TPSA) is 53.2 Å². The van der Waals surface area contributed by atoms with Crippen molar-refractivity contribution in [2.45, 2.75) is 26.4 Å². The van der Waals surface area contributed by atoms with Crippen molar-refractivity contribution in [1.29, 1.82) is 0 Å². The van der Waals surface area contributed by atoms with E-state index in [1.54, 1.807) is 4.57 Å². The number of aryl methyl sites for hydroxylation is 1. The Bertz CT molecular complexity index is 1220. The van der Waals surface area contributed by atoms with E-state index in [1.807, 2.05) is 87.0 Å². The highest BCUT2D eigenvalue weighted by atomic mass is 16.6. The summed E-state index contributed by atoms with van der Waals surface area (Å²) in [6.07, 6.45) is 0.389. The van der Waals surface area contributed by atoms with Crippen molar-refractivity contribution in [2.75, 3.05) is 0 Å². The van der Waals surface area contributed by atoms with Crippen LogP contribution in [-0.2, 0) is 11.8 Å². The summed E-state index contributed by atoms with van der Waals surface area (Å²) in [5.74, 6) is 0. The monoisotopic (exact) mass is 374 g/mol. The van der Waals surface area contributed by atoms with Gasteiger partial charge in [-0.25, -0.2) is 9.36 Å². The molecule has 0 aliphatic rings. The first-order valence-electron chi connectivity index (χ1n) is 9.18. The van der Waals surface area contributed by atoms with Gasteiger partial charge in [-0.1, -0.05) is 36.4 Å². The van der Waals surface area contributed by atoms with E-state index >= 15 is 0 Å². The number of para-hydroxylation sites is 2. The van der Waals surface area contributed by atoms with Crippen molar-refractivity contribution in [1.82, 2.24) is 9.13 Å². The first-order valence-corrected chi connectivity index (χ1v) is 9.18. The van der Waals surface area contributed by atoms with Crippen LogP contribution in [0.15, 0.2) is 54.6 Å². The summed E-state index contributed by atoms with van der Waals surface area (Å²) in [7, 11) is 1.90. The molecule has 2 heterocycles. The van der Waals surface area contributed by atoms with Gasteiger partial charge in [-0.05, 0) is 39.0 Å². The fourth-order valence-electron chi connectivity index (χ4n) is 3.69. The van der Waals surface area contributed by atoms with E-state index in [1.165, 1.54) is 0 Å². The van der Waals surface area contributed by atoms with Crippen LogP contribution in [0.25, 0.3) is 33.2 Å². The number of carbonyl (C=O) groups excluding carboxylic acids is 2. The molecule has 0 fully saturated rings. The molecule has 0 unspecified atom stereocenters. The van der Waals surface area contributed by atoms with Crippen LogP contribution in [0.3, 0.4) is 0 Å². The van der Waals surface area contributed by atoms with E-state index in [9.17, 15) is 9.59 Å². The number of aldehydes is 1. The fourth-order valence-corrected chi connectivity index (χ4v) is 3.69. The zero-order valence-corrected chi connectivity index (χ0v) is 16.4. The van der Waals surface area contributed by atoms with Crippen LogP contribution in [0.5, 0.6) is 0 Å². The number of ether oxygens (including phenoxy) is 1. The van der Waals surface area contributed by atoms with Crippen LogP contribution in [0.2, 0.25) is 0 Å². The SMILES string of the molecule is Cn1c(-c2cc3ccccc3n2C(=O)OC(C)(C)C)c(C=O)c2ccccc21. The zero-order chi connectivity index (χ0) is 20.1. The van der Waals surface area contributed by atoms with Crippen LogP contribution in [0.4, 0.5) is 4.79 Å². The van der Waals surface area contributed by atoms with Gasteiger partial charge in [0.15, 0.2) is 6.29 Å². The van der Waals surface area contributed by atoms with Crippen molar-refractivity contribution >= 4 is 34.2 Å². The second kappa shape index (κ2) is 6.37. The molecule has 28 heavy (non-hydrogen) atoms. The van der Waals surface area contributed by atoms with Crippen LogP contribution in [0.1, 0.15) is 31.1 Å². The van der Waals surface area contributed by atoms with E-state index in [0.29, 0.717) is 17.0 Å². The van der Waals surface area contributed by atoms with Gasteiger partial charge in [0.25, 0.3) is 0 Å². The fraction of sp³-hybridized carbons (Fsp3) is 0.217. The highest BCUT2D eigenvalue weighted by Gasteiger charge is 2.26. The van der Waals surface area contributed by atoms with E-state index in [-0.39, 0.29) is 0 Å². The van der Waals surface area contributed by atoms with E-state index in [4.69, 9.17) is 4.74 Å². The third-order valence-corrected chi connectivity index (χ3v) is 4.79. The van der Waals surface area contributed by atoms with Crippen LogP contribution < -0.4 is 0 Å². The summed E-state index contributed by atoms with van der Waals surface area (Å²) in [5, 5.41) is 1.77. The Balaban J connectivity index is 2.07. The number of rotatable bonds is 2. The van der Waals surface area contributed by atoms with Gasteiger partial charge in [0.1, 0.15) is 5.60 Å². The highest BCUT2D eigenvalue weighted by molar-refractivity contribution is 6.07. The molecule has 0 aliphatic heterocycles. The molecule has 0 aliphatic carbocycles. The summed E-state index contributed by atoms with van der Waals surface area (Å²) in [5.41, 5.74) is 2.93. The first-order chi connectivity index (χ1) is 13.3. The van der Waals surface area contributed by atoms with Crippen molar-refractivity contribution in [3.05, 3.63) is 60.2 Å². The molecule has 2 aromatic carbocycles. The van der Waals surface area contributed by atoms with Crippen LogP contribution in [0, 0.1) is 0 Å². The van der Waals surface area contributed by atoms with Crippen molar-refractivity contribution in [3.8, 4) is 11.4 Å². The normalized spacial score (nSPS) is 11.9. The van der Waals surface area contributed by atoms with Gasteiger partial charge in [-0.15, -0.1) is 0 Å². The number of hydrogen-bond acceptors (Lipinski definition) is 3. The third-order valence-electron chi connectivity index (χ3n) is 4.79. The summed E-state index contributed by atoms with van der Waals surface area (Å²) in [6.45, 7) is 5.51. The molecule has 4 rings (SSSR count). The van der Waals surface area contributed by atoms with Gasteiger partial charge in [0.05, 0.1) is 16.9 Å². The Kier molecular flexibility index (Phi) is 4.11. The maximum atomic E-state index is 13.1. The van der Waals surface area contributed by atoms with Gasteiger partial charge in [-0.3, -0.25) is 4.79 Å². The van der Waals surface area contributed by atoms with Gasteiger partial charge in [0, 0.05) is 28.9 Å². The van der Waals surface area contributed by atoms with E-state index in [2.05, 4.69) is 0 Å². The molecule has 0 N–H and O–H groups in total. The minimum Gasteiger partial charge on any atom is -0.443 e. The van der Waals surface area contributed by atoms with Crippen molar-refractivity contribution < 1.29 is 14.3 Å². The zero-order valence-electron chi connectivity index (χ0n) is 16.4. The molecule has 5 nitrogen and oxygen atoms in total. The summed E-state index contributed by atoms with van der Waals surface area (Å²) < 4.78 is 9.18. The van der Waals surface area contributed by atoms with E-state index < -0.39 is 11.7 Å². The lowest BCUT2D eigenvalue weighted by Gasteiger charge is -2.21.